The van der Waals surface area contributed by atoms with Crippen LogP contribution in [0.3, 0.4) is 0 Å². The van der Waals surface area contributed by atoms with Gasteiger partial charge in [0.1, 0.15) is 4.21 Å². The number of sulfonamides is 1. The van der Waals surface area contributed by atoms with Gasteiger partial charge in [-0.25, -0.2) is 8.42 Å². The average molecular weight is 319 g/mol. The van der Waals surface area contributed by atoms with Crippen LogP contribution in [-0.4, -0.2) is 50.7 Å². The molecule has 1 rings (SSSR count). The maximum Gasteiger partial charge on any atom is 0.253 e. The van der Waals surface area contributed by atoms with Gasteiger partial charge in [-0.1, -0.05) is 6.92 Å². The van der Waals surface area contributed by atoms with Gasteiger partial charge in [0, 0.05) is 32.1 Å². The van der Waals surface area contributed by atoms with E-state index in [1.807, 2.05) is 6.92 Å². The highest BCUT2D eigenvalue weighted by molar-refractivity contribution is 7.91. The fraction of sp³-hybridized carbons (Fsp3) is 0.583. The Bertz CT molecular complexity index is 552. The maximum absolute atomic E-state index is 12.5. The second-order valence-corrected chi connectivity index (χ2v) is 7.88. The van der Waals surface area contributed by atoms with Crippen LogP contribution in [0, 0.1) is 0 Å². The number of amides is 1. The van der Waals surface area contributed by atoms with E-state index in [2.05, 4.69) is 0 Å². The number of nitrogens with zero attached hydrogens (tertiary/aromatic N) is 2. The summed E-state index contributed by atoms with van der Waals surface area (Å²) in [5.74, 6) is -0.238. The molecule has 0 saturated carbocycles. The molecule has 0 aliphatic rings. The molecule has 0 aromatic carbocycles. The third kappa shape index (κ3) is 4.02. The van der Waals surface area contributed by atoms with Crippen molar-refractivity contribution < 1.29 is 13.2 Å². The third-order valence-corrected chi connectivity index (χ3v) is 6.14. The molecular weight excluding hydrogens is 298 g/mol. The Balaban J connectivity index is 3.02. The third-order valence-electron chi connectivity index (χ3n) is 2.72. The van der Waals surface area contributed by atoms with Gasteiger partial charge >= 0.3 is 0 Å². The first-order valence-electron chi connectivity index (χ1n) is 6.32. The Kier molecular flexibility index (Phi) is 6.12. The van der Waals surface area contributed by atoms with Crippen molar-refractivity contribution in [3.05, 3.63) is 17.0 Å². The Morgan fingerprint density at radius 2 is 2.00 bits per heavy atom. The van der Waals surface area contributed by atoms with Crippen LogP contribution in [0.15, 0.2) is 16.3 Å². The second kappa shape index (κ2) is 7.16. The van der Waals surface area contributed by atoms with Crippen molar-refractivity contribution in [3.8, 4) is 0 Å². The van der Waals surface area contributed by atoms with E-state index >= 15 is 0 Å². The lowest BCUT2D eigenvalue weighted by atomic mass is 10.4. The Labute approximate surface area is 124 Å². The maximum atomic E-state index is 12.5. The first-order chi connectivity index (χ1) is 9.32. The lowest BCUT2D eigenvalue weighted by Gasteiger charge is -2.22. The summed E-state index contributed by atoms with van der Waals surface area (Å²) in [4.78, 5) is 14.0. The highest BCUT2D eigenvalue weighted by Crippen LogP contribution is 2.24. The summed E-state index contributed by atoms with van der Waals surface area (Å²) < 4.78 is 26.5. The van der Waals surface area contributed by atoms with Crippen molar-refractivity contribution in [2.45, 2.75) is 24.1 Å². The first-order valence-corrected chi connectivity index (χ1v) is 8.57. The van der Waals surface area contributed by atoms with E-state index in [1.54, 1.807) is 26.2 Å². The molecule has 0 unspecified atom stereocenters. The molecule has 0 fully saturated rings. The number of carbonyl (C=O) groups excluding carboxylic acids is 1. The molecule has 0 saturated heterocycles. The largest absolute Gasteiger partial charge is 0.348 e. The fourth-order valence-corrected chi connectivity index (χ4v) is 4.43. The zero-order valence-corrected chi connectivity index (χ0v) is 13.6. The van der Waals surface area contributed by atoms with E-state index in [0.717, 1.165) is 16.2 Å². The van der Waals surface area contributed by atoms with E-state index in [4.69, 9.17) is 5.73 Å². The molecule has 0 radical (unpaired) electrons. The molecule has 0 bridgehead atoms. The molecule has 20 heavy (non-hydrogen) atoms. The van der Waals surface area contributed by atoms with Crippen molar-refractivity contribution in [2.24, 2.45) is 5.73 Å². The van der Waals surface area contributed by atoms with Crippen LogP contribution >= 0.6 is 11.3 Å². The topological polar surface area (TPSA) is 83.7 Å². The molecular formula is C12H21N3O3S2. The van der Waals surface area contributed by atoms with Crippen molar-refractivity contribution in [2.75, 3.05) is 27.2 Å². The summed E-state index contributed by atoms with van der Waals surface area (Å²) in [6.45, 7) is 2.36. The van der Waals surface area contributed by atoms with Crippen LogP contribution in [0.4, 0.5) is 0 Å². The molecule has 0 spiro atoms. The highest BCUT2D eigenvalue weighted by Gasteiger charge is 2.27. The molecule has 114 valence electrons. The lowest BCUT2D eigenvalue weighted by molar-refractivity contribution is -0.128. The van der Waals surface area contributed by atoms with Crippen LogP contribution in [0.1, 0.15) is 18.2 Å². The summed E-state index contributed by atoms with van der Waals surface area (Å²) in [6, 6.07) is 3.25. The molecule has 1 aromatic heterocycles. The molecule has 0 aliphatic heterocycles. The van der Waals surface area contributed by atoms with Crippen LogP contribution in [0.25, 0.3) is 0 Å². The Hall–Kier alpha value is -0.960. The molecule has 1 aromatic rings. The van der Waals surface area contributed by atoms with Gasteiger partial charge in [-0.3, -0.25) is 4.79 Å². The van der Waals surface area contributed by atoms with Gasteiger partial charge in [0.15, 0.2) is 0 Å². The average Bonchev–Trinajstić information content (AvgIpc) is 2.87. The molecule has 0 aliphatic carbocycles. The monoisotopic (exact) mass is 319 g/mol. The number of likely N-dealkylation sites (N-methyl/N-ethyl adjacent to an activating group) is 1. The SMILES string of the molecule is CCCN(CC(=O)N(C)C)S(=O)(=O)c1ccc(CN)s1. The van der Waals surface area contributed by atoms with E-state index in [1.165, 1.54) is 9.21 Å². The molecule has 1 amide bonds. The van der Waals surface area contributed by atoms with Crippen molar-refractivity contribution in [3.63, 3.8) is 0 Å². The van der Waals surface area contributed by atoms with Gasteiger partial charge < -0.3 is 10.6 Å². The van der Waals surface area contributed by atoms with Crippen LogP contribution in [0.5, 0.6) is 0 Å². The van der Waals surface area contributed by atoms with Crippen molar-refractivity contribution in [1.82, 2.24) is 9.21 Å². The van der Waals surface area contributed by atoms with Crippen molar-refractivity contribution in [1.29, 1.82) is 0 Å². The van der Waals surface area contributed by atoms with Crippen molar-refractivity contribution >= 4 is 27.3 Å². The van der Waals surface area contributed by atoms with Gasteiger partial charge in [-0.05, 0) is 18.6 Å². The van der Waals surface area contributed by atoms with Gasteiger partial charge in [-0.15, -0.1) is 11.3 Å². The van der Waals surface area contributed by atoms with Gasteiger partial charge in [-0.2, -0.15) is 4.31 Å². The van der Waals surface area contributed by atoms with Gasteiger partial charge in [0.2, 0.25) is 5.91 Å². The zero-order valence-electron chi connectivity index (χ0n) is 12.0. The van der Waals surface area contributed by atoms with E-state index in [0.29, 0.717) is 19.5 Å². The fourth-order valence-electron chi connectivity index (χ4n) is 1.56. The smallest absolute Gasteiger partial charge is 0.253 e. The highest BCUT2D eigenvalue weighted by atomic mass is 32.2. The number of thiophene rings is 1. The Morgan fingerprint density at radius 1 is 1.35 bits per heavy atom. The zero-order chi connectivity index (χ0) is 15.3. The summed E-state index contributed by atoms with van der Waals surface area (Å²) in [5, 5.41) is 0. The van der Waals surface area contributed by atoms with Crippen LogP contribution < -0.4 is 5.73 Å². The molecule has 1 heterocycles. The minimum atomic E-state index is -3.63. The molecule has 2 N–H and O–H groups in total. The van der Waals surface area contributed by atoms with Gasteiger partial charge in [0.05, 0.1) is 6.54 Å². The predicted octanol–water partition coefficient (Wildman–Crippen LogP) is 0.696. The number of carbonyl (C=O) groups is 1. The molecule has 8 heteroatoms. The lowest BCUT2D eigenvalue weighted by Crippen LogP contribution is -2.40. The predicted molar refractivity (Wildman–Crippen MR) is 80.0 cm³/mol. The van der Waals surface area contributed by atoms with E-state index in [-0.39, 0.29) is 16.7 Å². The normalized spacial score (nSPS) is 11.8. The van der Waals surface area contributed by atoms with Gasteiger partial charge in [0.25, 0.3) is 10.0 Å². The van der Waals surface area contributed by atoms with Crippen LogP contribution in [-0.2, 0) is 21.4 Å². The number of hydrogen-bond donors (Lipinski definition) is 1. The first kappa shape index (κ1) is 17.1. The summed E-state index contributed by atoms with van der Waals surface area (Å²) in [7, 11) is -0.417. The standard InChI is InChI=1S/C12H21N3O3S2/c1-4-7-15(9-11(16)14(2)3)20(17,18)12-6-5-10(8-13)19-12/h5-6H,4,7-9,13H2,1-3H3. The quantitative estimate of drug-likeness (QED) is 0.801. The van der Waals surface area contributed by atoms with Crippen LogP contribution in [0.2, 0.25) is 0 Å². The number of hydrogen-bond acceptors (Lipinski definition) is 5. The molecule has 0 atom stereocenters. The number of nitrogens with two attached hydrogens (primary N) is 1. The number of rotatable bonds is 7. The Morgan fingerprint density at radius 3 is 2.45 bits per heavy atom. The summed E-state index contributed by atoms with van der Waals surface area (Å²) in [6.07, 6.45) is 0.648. The minimum absolute atomic E-state index is 0.140. The van der Waals surface area contributed by atoms with E-state index in [9.17, 15) is 13.2 Å². The molecule has 6 nitrogen and oxygen atoms in total. The van der Waals surface area contributed by atoms with E-state index < -0.39 is 10.0 Å². The summed E-state index contributed by atoms with van der Waals surface area (Å²) >= 11 is 1.15. The minimum Gasteiger partial charge on any atom is -0.348 e. The second-order valence-electron chi connectivity index (χ2n) is 4.55. The summed E-state index contributed by atoms with van der Waals surface area (Å²) in [5.41, 5.74) is 5.50.